The van der Waals surface area contributed by atoms with Crippen molar-refractivity contribution in [3.63, 3.8) is 0 Å². The number of carbonyl (C=O) groups is 2. The average Bonchev–Trinajstić information content (AvgIpc) is 2.41. The molecule has 4 nitrogen and oxygen atoms in total. The third-order valence-corrected chi connectivity index (χ3v) is 3.00. The van der Waals surface area contributed by atoms with E-state index < -0.39 is 0 Å². The maximum Gasteiger partial charge on any atom is 0.229 e. The zero-order chi connectivity index (χ0) is 14.8. The van der Waals surface area contributed by atoms with Crippen LogP contribution >= 0.6 is 0 Å². The summed E-state index contributed by atoms with van der Waals surface area (Å²) >= 11 is 0. The van der Waals surface area contributed by atoms with E-state index in [2.05, 4.69) is 17.6 Å². The zero-order valence-electron chi connectivity index (χ0n) is 12.4. The van der Waals surface area contributed by atoms with Crippen LogP contribution in [0, 0.1) is 6.92 Å². The van der Waals surface area contributed by atoms with Gasteiger partial charge < -0.3 is 10.6 Å². The summed E-state index contributed by atoms with van der Waals surface area (Å²) in [5.41, 5.74) is 2.20. The lowest BCUT2D eigenvalue weighted by Crippen LogP contribution is -2.32. The molecule has 1 aromatic carbocycles. The third kappa shape index (κ3) is 6.92. The van der Waals surface area contributed by atoms with Crippen LogP contribution in [0.5, 0.6) is 0 Å². The quantitative estimate of drug-likeness (QED) is 0.565. The van der Waals surface area contributed by atoms with Gasteiger partial charge in [0.25, 0.3) is 0 Å². The lowest BCUT2D eigenvalue weighted by Gasteiger charge is -2.07. The van der Waals surface area contributed by atoms with E-state index in [-0.39, 0.29) is 18.2 Å². The number of hydrogen-bond acceptors (Lipinski definition) is 2. The van der Waals surface area contributed by atoms with Gasteiger partial charge in [0.1, 0.15) is 6.42 Å². The predicted octanol–water partition coefficient (Wildman–Crippen LogP) is 2.31. The van der Waals surface area contributed by atoms with Gasteiger partial charge in [-0.25, -0.2) is 0 Å². The Balaban J connectivity index is 2.21. The van der Waals surface area contributed by atoms with Gasteiger partial charge in [-0.3, -0.25) is 9.59 Å². The van der Waals surface area contributed by atoms with Gasteiger partial charge in [0.2, 0.25) is 11.8 Å². The maximum absolute atomic E-state index is 11.6. The lowest BCUT2D eigenvalue weighted by atomic mass is 10.1. The summed E-state index contributed by atoms with van der Waals surface area (Å²) in [6.07, 6.45) is 3.08. The molecule has 0 unspecified atom stereocenters. The molecule has 0 fully saturated rings. The molecular formula is C16H24N2O2. The van der Waals surface area contributed by atoms with Gasteiger partial charge in [-0.15, -0.1) is 0 Å². The van der Waals surface area contributed by atoms with Gasteiger partial charge in [-0.05, 0) is 18.9 Å². The van der Waals surface area contributed by atoms with Crippen molar-refractivity contribution < 1.29 is 9.59 Å². The molecule has 2 amide bonds. The van der Waals surface area contributed by atoms with E-state index in [1.807, 2.05) is 31.2 Å². The summed E-state index contributed by atoms with van der Waals surface area (Å²) in [5, 5.41) is 5.51. The van der Waals surface area contributed by atoms with Crippen molar-refractivity contribution >= 4 is 11.8 Å². The molecule has 1 aromatic rings. The lowest BCUT2D eigenvalue weighted by molar-refractivity contribution is -0.129. The molecule has 0 aliphatic carbocycles. The van der Waals surface area contributed by atoms with Crippen LogP contribution in [-0.2, 0) is 16.1 Å². The molecule has 0 radical (unpaired) electrons. The van der Waals surface area contributed by atoms with E-state index in [0.29, 0.717) is 13.1 Å². The molecule has 0 bridgehead atoms. The van der Waals surface area contributed by atoms with E-state index in [4.69, 9.17) is 0 Å². The topological polar surface area (TPSA) is 58.2 Å². The van der Waals surface area contributed by atoms with Gasteiger partial charge in [0.15, 0.2) is 0 Å². The molecule has 20 heavy (non-hydrogen) atoms. The summed E-state index contributed by atoms with van der Waals surface area (Å²) in [7, 11) is 0. The molecule has 0 spiro atoms. The number of amides is 2. The van der Waals surface area contributed by atoms with Crippen LogP contribution in [0.3, 0.4) is 0 Å². The van der Waals surface area contributed by atoms with E-state index in [1.165, 1.54) is 0 Å². The monoisotopic (exact) mass is 276 g/mol. The highest BCUT2D eigenvalue weighted by molar-refractivity contribution is 5.96. The fourth-order valence-electron chi connectivity index (χ4n) is 1.90. The van der Waals surface area contributed by atoms with Crippen LogP contribution in [0.15, 0.2) is 24.3 Å². The molecule has 0 saturated heterocycles. The highest BCUT2D eigenvalue weighted by Crippen LogP contribution is 2.03. The van der Waals surface area contributed by atoms with Crippen LogP contribution in [-0.4, -0.2) is 18.4 Å². The Bertz CT molecular complexity index is 444. The van der Waals surface area contributed by atoms with Crippen molar-refractivity contribution in [2.45, 2.75) is 46.1 Å². The minimum atomic E-state index is -0.237. The largest absolute Gasteiger partial charge is 0.356 e. The molecule has 0 aromatic heterocycles. The Kier molecular flexibility index (Phi) is 7.40. The fraction of sp³-hybridized carbons (Fsp3) is 0.500. The first-order chi connectivity index (χ1) is 9.61. The van der Waals surface area contributed by atoms with Crippen LogP contribution in [0.1, 0.15) is 43.7 Å². The summed E-state index contributed by atoms with van der Waals surface area (Å²) < 4.78 is 0. The van der Waals surface area contributed by atoms with Crippen LogP contribution in [0.4, 0.5) is 0 Å². The summed E-state index contributed by atoms with van der Waals surface area (Å²) in [5.74, 6) is -0.442. The molecule has 0 aliphatic heterocycles. The second kappa shape index (κ2) is 9.13. The molecule has 0 heterocycles. The van der Waals surface area contributed by atoms with Crippen molar-refractivity contribution in [1.82, 2.24) is 10.6 Å². The maximum atomic E-state index is 11.6. The number of rotatable bonds is 8. The number of unbranched alkanes of at least 4 members (excludes halogenated alkanes) is 2. The second-order valence-corrected chi connectivity index (χ2v) is 5.00. The van der Waals surface area contributed by atoms with Gasteiger partial charge in [0, 0.05) is 13.1 Å². The van der Waals surface area contributed by atoms with Crippen molar-refractivity contribution in [1.29, 1.82) is 0 Å². The van der Waals surface area contributed by atoms with Gasteiger partial charge in [0.05, 0.1) is 0 Å². The highest BCUT2D eigenvalue weighted by atomic mass is 16.2. The molecule has 2 N–H and O–H groups in total. The minimum absolute atomic E-state index is 0.0993. The normalized spacial score (nSPS) is 10.1. The van der Waals surface area contributed by atoms with Crippen molar-refractivity contribution in [2.75, 3.05) is 6.54 Å². The first-order valence-corrected chi connectivity index (χ1v) is 7.20. The first-order valence-electron chi connectivity index (χ1n) is 7.20. The highest BCUT2D eigenvalue weighted by Gasteiger charge is 2.08. The van der Waals surface area contributed by atoms with E-state index in [1.54, 1.807) is 0 Å². The summed E-state index contributed by atoms with van der Waals surface area (Å²) in [6.45, 7) is 5.23. The standard InChI is InChI=1S/C16H24N2O2/c1-3-4-5-9-17-15(19)11-16(20)18-12-14-8-6-7-13(2)10-14/h6-8,10H,3-5,9,11-12H2,1-2H3,(H,17,19)(H,18,20). The Morgan fingerprint density at radius 3 is 2.55 bits per heavy atom. The Morgan fingerprint density at radius 2 is 1.85 bits per heavy atom. The number of benzene rings is 1. The van der Waals surface area contributed by atoms with Gasteiger partial charge >= 0.3 is 0 Å². The van der Waals surface area contributed by atoms with E-state index >= 15 is 0 Å². The minimum Gasteiger partial charge on any atom is -0.356 e. The molecule has 1 rings (SSSR count). The number of aryl methyl sites for hydroxylation is 1. The Labute approximate surface area is 121 Å². The Morgan fingerprint density at radius 1 is 1.10 bits per heavy atom. The average molecular weight is 276 g/mol. The predicted molar refractivity (Wildman–Crippen MR) is 80.2 cm³/mol. The molecule has 0 saturated carbocycles. The van der Waals surface area contributed by atoms with Gasteiger partial charge in [-0.2, -0.15) is 0 Å². The molecule has 4 heteroatoms. The Hall–Kier alpha value is -1.84. The number of hydrogen-bond donors (Lipinski definition) is 2. The zero-order valence-corrected chi connectivity index (χ0v) is 12.4. The molecular weight excluding hydrogens is 252 g/mol. The van der Waals surface area contributed by atoms with Crippen molar-refractivity contribution in [3.05, 3.63) is 35.4 Å². The number of nitrogens with one attached hydrogen (secondary N) is 2. The summed E-state index contributed by atoms with van der Waals surface area (Å²) in [4.78, 5) is 23.1. The summed E-state index contributed by atoms with van der Waals surface area (Å²) in [6, 6.07) is 7.94. The second-order valence-electron chi connectivity index (χ2n) is 5.00. The van der Waals surface area contributed by atoms with Crippen LogP contribution < -0.4 is 10.6 Å². The van der Waals surface area contributed by atoms with Crippen molar-refractivity contribution in [3.8, 4) is 0 Å². The smallest absolute Gasteiger partial charge is 0.229 e. The fourth-order valence-corrected chi connectivity index (χ4v) is 1.90. The first kappa shape index (κ1) is 16.2. The van der Waals surface area contributed by atoms with Crippen molar-refractivity contribution in [2.24, 2.45) is 0 Å². The van der Waals surface area contributed by atoms with Gasteiger partial charge in [-0.1, -0.05) is 49.6 Å². The SMILES string of the molecule is CCCCCNC(=O)CC(=O)NCc1cccc(C)c1. The number of carbonyl (C=O) groups excluding carboxylic acids is 2. The van der Waals surface area contributed by atoms with E-state index in [0.717, 1.165) is 30.4 Å². The van der Waals surface area contributed by atoms with Crippen LogP contribution in [0.25, 0.3) is 0 Å². The molecule has 110 valence electrons. The van der Waals surface area contributed by atoms with E-state index in [9.17, 15) is 9.59 Å². The van der Waals surface area contributed by atoms with Crippen LogP contribution in [0.2, 0.25) is 0 Å². The third-order valence-electron chi connectivity index (χ3n) is 3.00. The molecule has 0 aliphatic rings. The molecule has 0 atom stereocenters.